The largest absolute Gasteiger partial charge is 0.345 e. The number of nitro groups is 1. The van der Waals surface area contributed by atoms with Crippen molar-refractivity contribution >= 4 is 33.3 Å². The minimum Gasteiger partial charge on any atom is -0.302 e. The molecule has 0 spiro atoms. The van der Waals surface area contributed by atoms with E-state index in [4.69, 9.17) is 5.21 Å². The van der Waals surface area contributed by atoms with Gasteiger partial charge >= 0.3 is 5.00 Å². The highest BCUT2D eigenvalue weighted by atomic mass is 32.1. The summed E-state index contributed by atoms with van der Waals surface area (Å²) in [6, 6.07) is 0. The first-order valence-electron chi connectivity index (χ1n) is 6.36. The highest BCUT2D eigenvalue weighted by Crippen LogP contribution is 2.25. The molecule has 3 N–H and O–H groups in total. The molecule has 0 radical (unpaired) electrons. The number of nitrogens with one attached hydrogen (secondary N) is 2. The molecule has 0 fully saturated rings. The Morgan fingerprint density at radius 2 is 1.86 bits per heavy atom. The molecular formula is C11H16N4O5S. The number of rotatable bonds is 9. The van der Waals surface area contributed by atoms with Crippen LogP contribution >= 0.6 is 11.3 Å². The maximum atomic E-state index is 11.6. The molecule has 1 aromatic heterocycles. The van der Waals surface area contributed by atoms with Crippen molar-refractivity contribution in [3.63, 3.8) is 0 Å². The molecule has 10 heteroatoms. The van der Waals surface area contributed by atoms with Crippen LogP contribution in [0, 0.1) is 10.1 Å². The van der Waals surface area contributed by atoms with Crippen LogP contribution in [0.5, 0.6) is 0 Å². The first kappa shape index (κ1) is 17.0. The van der Waals surface area contributed by atoms with Crippen LogP contribution in [0.2, 0.25) is 0 Å². The Morgan fingerprint density at radius 1 is 1.24 bits per heavy atom. The number of hydroxylamine groups is 1. The molecule has 1 rings (SSSR count). The van der Waals surface area contributed by atoms with Crippen molar-refractivity contribution in [2.24, 2.45) is 0 Å². The summed E-state index contributed by atoms with van der Waals surface area (Å²) in [6.45, 7) is 0. The molecule has 1 aromatic rings. The summed E-state index contributed by atoms with van der Waals surface area (Å²) in [6.07, 6.45) is 4.51. The van der Waals surface area contributed by atoms with Gasteiger partial charge in [0.25, 0.3) is 0 Å². The normalized spacial score (nSPS) is 10.1. The van der Waals surface area contributed by atoms with Crippen molar-refractivity contribution in [1.82, 2.24) is 10.5 Å². The summed E-state index contributed by atoms with van der Waals surface area (Å²) in [5, 5.41) is 21.3. The fraction of sp³-hybridized carbons (Fsp3) is 0.545. The van der Waals surface area contributed by atoms with Gasteiger partial charge in [-0.25, -0.2) is 10.5 Å². The van der Waals surface area contributed by atoms with Crippen LogP contribution in [-0.2, 0) is 9.59 Å². The predicted octanol–water partition coefficient (Wildman–Crippen LogP) is 1.84. The number of unbranched alkanes of at least 4 members (excludes halogenated alkanes) is 3. The lowest BCUT2D eigenvalue weighted by atomic mass is 10.1. The van der Waals surface area contributed by atoms with E-state index in [-0.39, 0.29) is 22.5 Å². The van der Waals surface area contributed by atoms with E-state index in [9.17, 15) is 19.7 Å². The standard InChI is InChI=1S/C11H16N4O5S/c16-8(5-3-1-2-4-6-9(17)14-18)13-11-12-7-10(21-11)15(19)20/h7,18H,1-6H2,(H,14,17)(H,12,13,16). The predicted molar refractivity (Wildman–Crippen MR) is 75.0 cm³/mol. The van der Waals surface area contributed by atoms with Crippen LogP contribution in [0.15, 0.2) is 6.20 Å². The summed E-state index contributed by atoms with van der Waals surface area (Å²) in [4.78, 5) is 35.9. The van der Waals surface area contributed by atoms with Crippen LogP contribution in [0.4, 0.5) is 10.1 Å². The van der Waals surface area contributed by atoms with Crippen LogP contribution in [-0.4, -0.2) is 26.9 Å². The second-order valence-electron chi connectivity index (χ2n) is 4.26. The number of hydrogen-bond acceptors (Lipinski definition) is 7. The van der Waals surface area contributed by atoms with Crippen LogP contribution in [0.1, 0.15) is 38.5 Å². The average Bonchev–Trinajstić information content (AvgIpc) is 2.90. The Morgan fingerprint density at radius 3 is 2.38 bits per heavy atom. The highest BCUT2D eigenvalue weighted by Gasteiger charge is 2.13. The van der Waals surface area contributed by atoms with Crippen molar-refractivity contribution in [1.29, 1.82) is 0 Å². The first-order valence-corrected chi connectivity index (χ1v) is 7.17. The number of thiazole rings is 1. The zero-order chi connectivity index (χ0) is 15.7. The number of hydrogen-bond donors (Lipinski definition) is 3. The van der Waals surface area contributed by atoms with Gasteiger partial charge in [-0.1, -0.05) is 12.8 Å². The zero-order valence-corrected chi connectivity index (χ0v) is 12.0. The molecule has 0 aromatic carbocycles. The molecule has 0 bridgehead atoms. The van der Waals surface area contributed by atoms with Crippen LogP contribution in [0.3, 0.4) is 0 Å². The molecule has 0 unspecified atom stereocenters. The highest BCUT2D eigenvalue weighted by molar-refractivity contribution is 7.18. The third-order valence-corrected chi connectivity index (χ3v) is 3.47. The Labute approximate surface area is 124 Å². The summed E-state index contributed by atoms with van der Waals surface area (Å²) in [5.74, 6) is -0.662. The van der Waals surface area contributed by atoms with E-state index in [1.165, 1.54) is 0 Å². The van der Waals surface area contributed by atoms with Gasteiger partial charge in [0.2, 0.25) is 11.8 Å². The fourth-order valence-electron chi connectivity index (χ4n) is 1.57. The SMILES string of the molecule is O=C(CCCCCCC(=O)Nc1ncc([N+](=O)[O-])s1)NO. The lowest BCUT2D eigenvalue weighted by Gasteiger charge is -2.02. The van der Waals surface area contributed by atoms with E-state index in [1.807, 2.05) is 0 Å². The van der Waals surface area contributed by atoms with E-state index >= 15 is 0 Å². The lowest BCUT2D eigenvalue weighted by molar-refractivity contribution is -0.380. The van der Waals surface area contributed by atoms with Crippen molar-refractivity contribution in [2.75, 3.05) is 5.32 Å². The number of nitrogens with zero attached hydrogens (tertiary/aromatic N) is 2. The molecule has 2 amide bonds. The maximum absolute atomic E-state index is 11.6. The average molecular weight is 316 g/mol. The van der Waals surface area contributed by atoms with Gasteiger partial charge in [-0.2, -0.15) is 0 Å². The number of carbonyl (C=O) groups is 2. The fourth-order valence-corrected chi connectivity index (χ4v) is 2.22. The molecular weight excluding hydrogens is 300 g/mol. The van der Waals surface area contributed by atoms with E-state index < -0.39 is 10.8 Å². The van der Waals surface area contributed by atoms with Gasteiger partial charge in [0, 0.05) is 12.8 Å². The quantitative estimate of drug-likeness (QED) is 0.275. The van der Waals surface area contributed by atoms with Crippen LogP contribution in [0.25, 0.3) is 0 Å². The Kier molecular flexibility index (Phi) is 7.26. The Hall–Kier alpha value is -2.07. The molecule has 0 aliphatic rings. The van der Waals surface area contributed by atoms with Crippen molar-refractivity contribution in [3.8, 4) is 0 Å². The first-order chi connectivity index (χ1) is 10.0. The summed E-state index contributed by atoms with van der Waals surface area (Å²) in [5.41, 5.74) is 1.55. The Bertz CT molecular complexity index is 505. The van der Waals surface area contributed by atoms with Gasteiger partial charge in [-0.3, -0.25) is 24.9 Å². The summed E-state index contributed by atoms with van der Waals surface area (Å²) >= 11 is 0.812. The van der Waals surface area contributed by atoms with Gasteiger partial charge in [0.1, 0.15) is 6.20 Å². The molecule has 0 atom stereocenters. The van der Waals surface area contributed by atoms with E-state index in [1.54, 1.807) is 5.48 Å². The van der Waals surface area contributed by atoms with Gasteiger partial charge in [-0.15, -0.1) is 0 Å². The molecule has 1 heterocycles. The van der Waals surface area contributed by atoms with Gasteiger partial charge < -0.3 is 5.32 Å². The molecule has 21 heavy (non-hydrogen) atoms. The van der Waals surface area contributed by atoms with E-state index in [2.05, 4.69) is 10.3 Å². The maximum Gasteiger partial charge on any atom is 0.345 e. The molecule has 0 saturated carbocycles. The zero-order valence-electron chi connectivity index (χ0n) is 11.2. The third-order valence-electron chi connectivity index (χ3n) is 2.60. The summed E-state index contributed by atoms with van der Waals surface area (Å²) in [7, 11) is 0. The summed E-state index contributed by atoms with van der Waals surface area (Å²) < 4.78 is 0. The molecule has 0 aliphatic carbocycles. The number of anilines is 1. The smallest absolute Gasteiger partial charge is 0.302 e. The van der Waals surface area contributed by atoms with E-state index in [0.717, 1.165) is 30.4 Å². The second kappa shape index (κ2) is 8.97. The number of aromatic nitrogens is 1. The molecule has 9 nitrogen and oxygen atoms in total. The molecule has 0 saturated heterocycles. The van der Waals surface area contributed by atoms with Crippen molar-refractivity contribution in [2.45, 2.75) is 38.5 Å². The molecule has 116 valence electrons. The third kappa shape index (κ3) is 6.77. The van der Waals surface area contributed by atoms with Gasteiger partial charge in [0.15, 0.2) is 5.13 Å². The van der Waals surface area contributed by atoms with Crippen molar-refractivity contribution < 1.29 is 19.7 Å². The van der Waals surface area contributed by atoms with E-state index in [0.29, 0.717) is 19.3 Å². The minimum atomic E-state index is -0.560. The lowest BCUT2D eigenvalue weighted by Crippen LogP contribution is -2.17. The molecule has 0 aliphatic heterocycles. The van der Waals surface area contributed by atoms with Gasteiger partial charge in [0.05, 0.1) is 4.92 Å². The number of carbonyl (C=O) groups excluding carboxylic acids is 2. The van der Waals surface area contributed by atoms with Gasteiger partial charge in [-0.05, 0) is 24.2 Å². The topological polar surface area (TPSA) is 134 Å². The monoisotopic (exact) mass is 316 g/mol. The second-order valence-corrected chi connectivity index (χ2v) is 5.27. The minimum absolute atomic E-state index is 0.118. The van der Waals surface area contributed by atoms with Crippen LogP contribution < -0.4 is 10.8 Å². The Balaban J connectivity index is 2.13. The number of amides is 2. The van der Waals surface area contributed by atoms with Crippen molar-refractivity contribution in [3.05, 3.63) is 16.3 Å².